The maximum atomic E-state index is 13.4. The second kappa shape index (κ2) is 6.81. The van der Waals surface area contributed by atoms with Crippen molar-refractivity contribution in [3.8, 4) is 0 Å². The first-order chi connectivity index (χ1) is 9.54. The number of nitrogens with two attached hydrogens (primary N) is 1. The molecule has 20 heavy (non-hydrogen) atoms. The van der Waals surface area contributed by atoms with E-state index in [2.05, 4.69) is 10.2 Å². The molecule has 0 unspecified atom stereocenters. The van der Waals surface area contributed by atoms with Gasteiger partial charge in [0.25, 0.3) is 0 Å². The van der Waals surface area contributed by atoms with E-state index >= 15 is 0 Å². The number of hydrogen-bond donors (Lipinski definition) is 2. The lowest BCUT2D eigenvalue weighted by molar-refractivity contribution is -0.119. The van der Waals surface area contributed by atoms with Gasteiger partial charge in [-0.1, -0.05) is 12.1 Å². The molecule has 1 aromatic rings. The zero-order valence-corrected chi connectivity index (χ0v) is 11.9. The number of aryl methyl sites for hydroxylation is 1. The van der Waals surface area contributed by atoms with Gasteiger partial charge in [0, 0.05) is 25.7 Å². The van der Waals surface area contributed by atoms with Gasteiger partial charge < -0.3 is 11.1 Å². The lowest BCUT2D eigenvalue weighted by Gasteiger charge is -2.31. The molecule has 110 valence electrons. The number of rotatable bonds is 5. The first-order valence-corrected chi connectivity index (χ1v) is 7.03. The molecule has 0 spiro atoms. The molecule has 0 aromatic heterocycles. The fraction of sp³-hybridized carbons (Fsp3) is 0.533. The van der Waals surface area contributed by atoms with Crippen LogP contribution in [0.3, 0.4) is 0 Å². The Hall–Kier alpha value is -1.46. The number of carbonyl (C=O) groups is 1. The third kappa shape index (κ3) is 4.28. The highest BCUT2D eigenvalue weighted by atomic mass is 19.1. The Kier molecular flexibility index (Phi) is 5.09. The van der Waals surface area contributed by atoms with Crippen LogP contribution in [0.2, 0.25) is 0 Å². The van der Waals surface area contributed by atoms with E-state index in [-0.39, 0.29) is 11.7 Å². The van der Waals surface area contributed by atoms with Crippen LogP contribution in [0.5, 0.6) is 0 Å². The van der Waals surface area contributed by atoms with E-state index in [9.17, 15) is 9.18 Å². The fourth-order valence-electron chi connectivity index (χ4n) is 2.52. The third-order valence-electron chi connectivity index (χ3n) is 3.80. The highest BCUT2D eigenvalue weighted by Gasteiger charge is 2.19. The van der Waals surface area contributed by atoms with Crippen LogP contribution < -0.4 is 11.1 Å². The number of nitrogens with zero attached hydrogens (tertiary/aromatic N) is 1. The second-order valence-electron chi connectivity index (χ2n) is 5.48. The highest BCUT2D eigenvalue weighted by Crippen LogP contribution is 2.12. The summed E-state index contributed by atoms with van der Waals surface area (Å²) in [4.78, 5) is 12.9. The van der Waals surface area contributed by atoms with Gasteiger partial charge in [-0.25, -0.2) is 4.39 Å². The quantitative estimate of drug-likeness (QED) is 0.851. The summed E-state index contributed by atoms with van der Waals surface area (Å²) in [6.45, 7) is 4.54. The monoisotopic (exact) mass is 279 g/mol. The zero-order chi connectivity index (χ0) is 14.5. The minimum Gasteiger partial charge on any atom is -0.369 e. The van der Waals surface area contributed by atoms with Crippen LogP contribution in [-0.2, 0) is 11.3 Å². The van der Waals surface area contributed by atoms with Gasteiger partial charge in [0.15, 0.2) is 0 Å². The number of primary amides is 1. The minimum atomic E-state index is -0.272. The predicted molar refractivity (Wildman–Crippen MR) is 76.6 cm³/mol. The first kappa shape index (κ1) is 14.9. The van der Waals surface area contributed by atoms with Crippen LogP contribution in [0.1, 0.15) is 24.0 Å². The molecule has 1 saturated heterocycles. The number of nitrogens with one attached hydrogen (secondary N) is 1. The molecule has 4 nitrogen and oxygen atoms in total. The Bertz CT molecular complexity index is 470. The normalized spacial score (nSPS) is 17.3. The summed E-state index contributed by atoms with van der Waals surface area (Å²) < 4.78 is 13.4. The number of carbonyl (C=O) groups excluding carboxylic acids is 1. The maximum absolute atomic E-state index is 13.4. The number of likely N-dealkylation sites (tertiary alicyclic amines) is 1. The molecule has 1 fully saturated rings. The average molecular weight is 279 g/mol. The standard InChI is InChI=1S/C15H22FN3O/c1-11-2-3-12(8-14(11)16)9-18-13-4-6-19(7-5-13)10-15(17)20/h2-3,8,13,18H,4-7,9-10H2,1H3,(H2,17,20). The second-order valence-corrected chi connectivity index (χ2v) is 5.48. The topological polar surface area (TPSA) is 58.4 Å². The van der Waals surface area contributed by atoms with Crippen LogP contribution in [0, 0.1) is 12.7 Å². The van der Waals surface area contributed by atoms with Gasteiger partial charge in [-0.3, -0.25) is 9.69 Å². The van der Waals surface area contributed by atoms with Crippen molar-refractivity contribution in [2.45, 2.75) is 32.4 Å². The van der Waals surface area contributed by atoms with Gasteiger partial charge in [-0.05, 0) is 37.0 Å². The summed E-state index contributed by atoms with van der Waals surface area (Å²) in [7, 11) is 0. The Morgan fingerprint density at radius 2 is 2.15 bits per heavy atom. The summed E-state index contributed by atoms with van der Waals surface area (Å²) in [6, 6.07) is 5.77. The summed E-state index contributed by atoms with van der Waals surface area (Å²) >= 11 is 0. The lowest BCUT2D eigenvalue weighted by atomic mass is 10.0. The molecule has 1 aromatic carbocycles. The third-order valence-corrected chi connectivity index (χ3v) is 3.80. The minimum absolute atomic E-state index is 0.152. The van der Waals surface area contributed by atoms with E-state index in [1.165, 1.54) is 0 Å². The molecular weight excluding hydrogens is 257 g/mol. The summed E-state index contributed by atoms with van der Waals surface area (Å²) in [5.74, 6) is -0.424. The predicted octanol–water partition coefficient (Wildman–Crippen LogP) is 1.17. The molecule has 0 radical (unpaired) electrons. The molecule has 0 atom stereocenters. The van der Waals surface area contributed by atoms with Gasteiger partial charge >= 0.3 is 0 Å². The number of benzene rings is 1. The number of amides is 1. The SMILES string of the molecule is Cc1ccc(CNC2CCN(CC(N)=O)CC2)cc1F. The van der Waals surface area contributed by atoms with E-state index in [1.54, 1.807) is 13.0 Å². The number of halogens is 1. The van der Waals surface area contributed by atoms with E-state index in [0.29, 0.717) is 24.7 Å². The molecule has 1 heterocycles. The van der Waals surface area contributed by atoms with Crippen molar-refractivity contribution in [2.24, 2.45) is 5.73 Å². The molecule has 1 aliphatic heterocycles. The van der Waals surface area contributed by atoms with E-state index < -0.39 is 0 Å². The van der Waals surface area contributed by atoms with Crippen molar-refractivity contribution in [3.05, 3.63) is 35.1 Å². The zero-order valence-electron chi connectivity index (χ0n) is 11.9. The van der Waals surface area contributed by atoms with Crippen LogP contribution >= 0.6 is 0 Å². The highest BCUT2D eigenvalue weighted by molar-refractivity contribution is 5.75. The molecule has 3 N–H and O–H groups in total. The maximum Gasteiger partial charge on any atom is 0.231 e. The van der Waals surface area contributed by atoms with E-state index in [1.807, 2.05) is 12.1 Å². The van der Waals surface area contributed by atoms with E-state index in [0.717, 1.165) is 31.5 Å². The Labute approximate surface area is 119 Å². The summed E-state index contributed by atoms with van der Waals surface area (Å²) in [5, 5.41) is 3.45. The van der Waals surface area contributed by atoms with Gasteiger partial charge in [-0.15, -0.1) is 0 Å². The molecular formula is C15H22FN3O. The summed E-state index contributed by atoms with van der Waals surface area (Å²) in [6.07, 6.45) is 1.98. The number of piperidine rings is 1. The van der Waals surface area contributed by atoms with E-state index in [4.69, 9.17) is 5.73 Å². The average Bonchev–Trinajstić information content (AvgIpc) is 2.41. The van der Waals surface area contributed by atoms with Crippen molar-refractivity contribution < 1.29 is 9.18 Å². The van der Waals surface area contributed by atoms with Crippen molar-refractivity contribution >= 4 is 5.91 Å². The van der Waals surface area contributed by atoms with Crippen LogP contribution in [-0.4, -0.2) is 36.5 Å². The molecule has 5 heteroatoms. The molecule has 1 amide bonds. The molecule has 0 aliphatic carbocycles. The first-order valence-electron chi connectivity index (χ1n) is 7.03. The molecule has 0 saturated carbocycles. The van der Waals surface area contributed by atoms with Crippen LogP contribution in [0.15, 0.2) is 18.2 Å². The summed E-state index contributed by atoms with van der Waals surface area (Å²) in [5.41, 5.74) is 6.83. The van der Waals surface area contributed by atoms with Crippen molar-refractivity contribution in [2.75, 3.05) is 19.6 Å². The van der Waals surface area contributed by atoms with Crippen LogP contribution in [0.25, 0.3) is 0 Å². The molecule has 0 bridgehead atoms. The Balaban J connectivity index is 1.75. The Morgan fingerprint density at radius 3 is 2.75 bits per heavy atom. The smallest absolute Gasteiger partial charge is 0.231 e. The lowest BCUT2D eigenvalue weighted by Crippen LogP contribution is -2.45. The molecule has 1 aliphatic rings. The van der Waals surface area contributed by atoms with Crippen molar-refractivity contribution in [3.63, 3.8) is 0 Å². The van der Waals surface area contributed by atoms with Crippen molar-refractivity contribution in [1.82, 2.24) is 10.2 Å². The van der Waals surface area contributed by atoms with Crippen LogP contribution in [0.4, 0.5) is 4.39 Å². The molecule has 2 rings (SSSR count). The van der Waals surface area contributed by atoms with Gasteiger partial charge in [-0.2, -0.15) is 0 Å². The van der Waals surface area contributed by atoms with Gasteiger partial charge in [0.05, 0.1) is 6.54 Å². The van der Waals surface area contributed by atoms with Crippen molar-refractivity contribution in [1.29, 1.82) is 0 Å². The Morgan fingerprint density at radius 1 is 1.45 bits per heavy atom. The van der Waals surface area contributed by atoms with Gasteiger partial charge in [0.2, 0.25) is 5.91 Å². The largest absolute Gasteiger partial charge is 0.369 e. The fourth-order valence-corrected chi connectivity index (χ4v) is 2.52. The number of hydrogen-bond acceptors (Lipinski definition) is 3. The van der Waals surface area contributed by atoms with Gasteiger partial charge in [0.1, 0.15) is 5.82 Å².